The maximum atomic E-state index is 12.1. The number of quaternary nitrogens is 1. The number of thiophene rings is 1. The predicted molar refractivity (Wildman–Crippen MR) is 104 cm³/mol. The Balaban J connectivity index is 1.70. The van der Waals surface area contributed by atoms with Crippen LogP contribution in [0.2, 0.25) is 5.02 Å². The number of hydrogen-bond acceptors (Lipinski definition) is 3. The Kier molecular flexibility index (Phi) is 7.75. The third-order valence-corrected chi connectivity index (χ3v) is 5.25. The molecule has 0 aliphatic carbocycles. The number of rotatable bonds is 9. The number of carbonyl (C=O) groups is 1. The highest BCUT2D eigenvalue weighted by Gasteiger charge is 2.19. The largest absolute Gasteiger partial charge is 0.493 e. The number of halogens is 1. The summed E-state index contributed by atoms with van der Waals surface area (Å²) in [5.41, 5.74) is 1.00. The van der Waals surface area contributed by atoms with E-state index in [1.54, 1.807) is 11.3 Å². The fourth-order valence-electron chi connectivity index (χ4n) is 2.57. The van der Waals surface area contributed by atoms with Crippen LogP contribution >= 0.6 is 22.9 Å². The molecule has 1 amide bonds. The number of benzene rings is 1. The summed E-state index contributed by atoms with van der Waals surface area (Å²) in [5.74, 6) is 0.887. The molecule has 0 spiro atoms. The third-order valence-electron chi connectivity index (χ3n) is 4.03. The number of hydrogen-bond donors (Lipinski definition) is 2. The van der Waals surface area contributed by atoms with Gasteiger partial charge < -0.3 is 15.0 Å². The van der Waals surface area contributed by atoms with Crippen molar-refractivity contribution in [3.8, 4) is 5.75 Å². The molecule has 0 radical (unpaired) electrons. The Morgan fingerprint density at radius 3 is 2.80 bits per heavy atom. The molecule has 1 aromatic carbocycles. The van der Waals surface area contributed by atoms with Gasteiger partial charge in [-0.3, -0.25) is 4.79 Å². The summed E-state index contributed by atoms with van der Waals surface area (Å²) in [7, 11) is 4.22. The van der Waals surface area contributed by atoms with Crippen molar-refractivity contribution in [2.24, 2.45) is 0 Å². The molecule has 1 aromatic heterocycles. The van der Waals surface area contributed by atoms with Crippen LogP contribution in [0.15, 0.2) is 35.7 Å². The van der Waals surface area contributed by atoms with Crippen molar-refractivity contribution in [3.63, 3.8) is 0 Å². The maximum absolute atomic E-state index is 12.1. The van der Waals surface area contributed by atoms with Gasteiger partial charge in [-0.1, -0.05) is 17.7 Å². The molecule has 0 unspecified atom stereocenters. The van der Waals surface area contributed by atoms with Crippen LogP contribution in [-0.4, -0.2) is 33.2 Å². The molecule has 136 valence electrons. The molecule has 0 fully saturated rings. The number of amides is 1. The van der Waals surface area contributed by atoms with E-state index < -0.39 is 0 Å². The third kappa shape index (κ3) is 6.34. The van der Waals surface area contributed by atoms with E-state index in [0.29, 0.717) is 31.0 Å². The molecule has 0 bridgehead atoms. The molecule has 2 N–H and O–H groups in total. The van der Waals surface area contributed by atoms with Crippen molar-refractivity contribution in [1.82, 2.24) is 5.32 Å². The molecular formula is C19H26ClN2O2S+. The van der Waals surface area contributed by atoms with Gasteiger partial charge in [-0.05, 0) is 48.6 Å². The first-order valence-electron chi connectivity index (χ1n) is 8.46. The van der Waals surface area contributed by atoms with Gasteiger partial charge >= 0.3 is 0 Å². The van der Waals surface area contributed by atoms with Gasteiger partial charge in [-0.2, -0.15) is 0 Å². The van der Waals surface area contributed by atoms with Gasteiger partial charge in [0.15, 0.2) is 0 Å². The van der Waals surface area contributed by atoms with Crippen molar-refractivity contribution in [2.45, 2.75) is 25.8 Å². The van der Waals surface area contributed by atoms with Crippen molar-refractivity contribution in [2.75, 3.05) is 27.2 Å². The minimum Gasteiger partial charge on any atom is -0.493 e. The van der Waals surface area contributed by atoms with Crippen molar-refractivity contribution < 1.29 is 14.4 Å². The minimum absolute atomic E-state index is 0.0687. The van der Waals surface area contributed by atoms with Gasteiger partial charge in [-0.15, -0.1) is 11.3 Å². The molecule has 0 saturated carbocycles. The molecule has 2 rings (SSSR count). The summed E-state index contributed by atoms with van der Waals surface area (Å²) in [4.78, 5) is 14.7. The maximum Gasteiger partial charge on any atom is 0.220 e. The number of nitrogens with one attached hydrogen (secondary N) is 2. The van der Waals surface area contributed by atoms with E-state index in [9.17, 15) is 4.79 Å². The second kappa shape index (κ2) is 9.80. The first kappa shape index (κ1) is 19.8. The zero-order chi connectivity index (χ0) is 18.2. The quantitative estimate of drug-likeness (QED) is 0.656. The fraction of sp³-hybridized carbons (Fsp3) is 0.421. The Labute approximate surface area is 158 Å². The molecule has 1 atom stereocenters. The summed E-state index contributed by atoms with van der Waals surface area (Å²) >= 11 is 7.66. The average Bonchev–Trinajstić information content (AvgIpc) is 3.07. The van der Waals surface area contributed by atoms with Crippen LogP contribution in [0, 0.1) is 6.92 Å². The number of ether oxygens (including phenoxy) is 1. The molecule has 25 heavy (non-hydrogen) atoms. The summed E-state index contributed by atoms with van der Waals surface area (Å²) in [6, 6.07) is 10.0. The molecule has 6 heteroatoms. The van der Waals surface area contributed by atoms with E-state index in [1.165, 1.54) is 9.78 Å². The van der Waals surface area contributed by atoms with E-state index in [0.717, 1.165) is 11.3 Å². The lowest BCUT2D eigenvalue weighted by molar-refractivity contribution is -0.890. The van der Waals surface area contributed by atoms with Crippen molar-refractivity contribution >= 4 is 28.8 Å². The summed E-state index contributed by atoms with van der Waals surface area (Å²) in [6.45, 7) is 3.13. The second-order valence-electron chi connectivity index (χ2n) is 6.31. The number of likely N-dealkylation sites (N-methyl/N-ethyl adjacent to an activating group) is 1. The first-order valence-corrected chi connectivity index (χ1v) is 9.72. The number of carbonyl (C=O) groups excluding carboxylic acids is 1. The Hall–Kier alpha value is -1.56. The highest BCUT2D eigenvalue weighted by Crippen LogP contribution is 2.22. The monoisotopic (exact) mass is 381 g/mol. The first-order chi connectivity index (χ1) is 12.0. The minimum atomic E-state index is 0.0687. The van der Waals surface area contributed by atoms with Gasteiger partial charge in [0.1, 0.15) is 11.8 Å². The Bertz CT molecular complexity index is 674. The molecule has 0 saturated heterocycles. The molecule has 0 aliphatic heterocycles. The van der Waals surface area contributed by atoms with E-state index in [2.05, 4.69) is 30.9 Å². The zero-order valence-corrected chi connectivity index (χ0v) is 16.5. The molecule has 2 aromatic rings. The lowest BCUT2D eigenvalue weighted by Gasteiger charge is -2.20. The van der Waals surface area contributed by atoms with Crippen molar-refractivity contribution in [3.05, 3.63) is 51.2 Å². The van der Waals surface area contributed by atoms with Gasteiger partial charge in [0.2, 0.25) is 5.91 Å². The average molecular weight is 382 g/mol. The van der Waals surface area contributed by atoms with E-state index in [4.69, 9.17) is 16.3 Å². The topological polar surface area (TPSA) is 42.8 Å². The summed E-state index contributed by atoms with van der Waals surface area (Å²) < 4.78 is 5.72. The lowest BCUT2D eigenvalue weighted by atomic mass is 10.2. The highest BCUT2D eigenvalue weighted by atomic mass is 35.5. The van der Waals surface area contributed by atoms with Gasteiger partial charge in [0.05, 0.1) is 32.1 Å². The summed E-state index contributed by atoms with van der Waals surface area (Å²) in [6.07, 6.45) is 1.15. The van der Waals surface area contributed by atoms with Crippen LogP contribution in [-0.2, 0) is 4.79 Å². The smallest absolute Gasteiger partial charge is 0.220 e. The molecule has 0 aliphatic rings. The van der Waals surface area contributed by atoms with Crippen LogP contribution in [0.3, 0.4) is 0 Å². The Morgan fingerprint density at radius 2 is 2.16 bits per heavy atom. The molecular weight excluding hydrogens is 356 g/mol. The predicted octanol–water partition coefficient (Wildman–Crippen LogP) is 2.87. The second-order valence-corrected chi connectivity index (χ2v) is 7.73. The van der Waals surface area contributed by atoms with Crippen LogP contribution in [0.25, 0.3) is 0 Å². The molecule has 1 heterocycles. The lowest BCUT2D eigenvalue weighted by Crippen LogP contribution is -3.06. The van der Waals surface area contributed by atoms with Gasteiger partial charge in [-0.25, -0.2) is 0 Å². The van der Waals surface area contributed by atoms with E-state index >= 15 is 0 Å². The van der Waals surface area contributed by atoms with Crippen LogP contribution < -0.4 is 15.0 Å². The van der Waals surface area contributed by atoms with Crippen molar-refractivity contribution in [1.29, 1.82) is 0 Å². The van der Waals surface area contributed by atoms with Crippen LogP contribution in [0.5, 0.6) is 5.75 Å². The molecule has 4 nitrogen and oxygen atoms in total. The summed E-state index contributed by atoms with van der Waals surface area (Å²) in [5, 5.41) is 5.82. The van der Waals surface area contributed by atoms with Gasteiger partial charge in [0, 0.05) is 11.4 Å². The SMILES string of the molecule is Cc1cc(Cl)ccc1OCCCC(=O)NC[C@H](c1cccs1)[NH+](C)C. The highest BCUT2D eigenvalue weighted by molar-refractivity contribution is 7.10. The normalized spacial score (nSPS) is 12.2. The van der Waals surface area contributed by atoms with E-state index in [1.807, 2.05) is 31.2 Å². The number of aryl methyl sites for hydroxylation is 1. The van der Waals surface area contributed by atoms with Gasteiger partial charge in [0.25, 0.3) is 0 Å². The van der Waals surface area contributed by atoms with Crippen LogP contribution in [0.1, 0.15) is 29.3 Å². The standard InChI is InChI=1S/C19H25ClN2O2S/c1-14-12-15(20)8-9-17(14)24-10-4-7-19(23)21-13-16(22(2)3)18-6-5-11-25-18/h5-6,8-9,11-12,16H,4,7,10,13H2,1-3H3,(H,21,23)/p+1/t16-/m1/s1. The Morgan fingerprint density at radius 1 is 1.36 bits per heavy atom. The van der Waals surface area contributed by atoms with E-state index in [-0.39, 0.29) is 11.9 Å². The zero-order valence-electron chi connectivity index (χ0n) is 15.0. The van der Waals surface area contributed by atoms with Crippen LogP contribution in [0.4, 0.5) is 0 Å². The fourth-order valence-corrected chi connectivity index (χ4v) is 3.75.